The van der Waals surface area contributed by atoms with E-state index in [2.05, 4.69) is 18.2 Å². The second-order valence-corrected chi connectivity index (χ2v) is 5.84. The minimum Gasteiger partial charge on any atom is -0.388 e. The lowest BCUT2D eigenvalue weighted by molar-refractivity contribution is 0.204. The van der Waals surface area contributed by atoms with Gasteiger partial charge in [0.05, 0.1) is 6.10 Å². The third kappa shape index (κ3) is 2.71. The van der Waals surface area contributed by atoms with Crippen molar-refractivity contribution in [3.05, 3.63) is 29.3 Å². The van der Waals surface area contributed by atoms with Gasteiger partial charge in [-0.1, -0.05) is 12.1 Å². The fourth-order valence-electron chi connectivity index (χ4n) is 1.84. The molecule has 0 fully saturated rings. The predicted molar refractivity (Wildman–Crippen MR) is 68.8 cm³/mol. The average molecular weight is 240 g/mol. The Morgan fingerprint density at radius 2 is 2.40 bits per heavy atom. The maximum atomic E-state index is 9.89. The monoisotopic (exact) mass is 240 g/mol. The first-order valence-electron chi connectivity index (χ1n) is 5.24. The molecule has 1 aliphatic heterocycles. The SMILES string of the molecule is CSCC(O)c1ccc2c(c1)CCCS2. The highest BCUT2D eigenvalue weighted by atomic mass is 32.2. The highest BCUT2D eigenvalue weighted by molar-refractivity contribution is 7.99. The van der Waals surface area contributed by atoms with Gasteiger partial charge in [0.2, 0.25) is 0 Å². The minimum atomic E-state index is -0.308. The fourth-order valence-corrected chi connectivity index (χ4v) is 3.37. The smallest absolute Gasteiger partial charge is 0.0880 e. The van der Waals surface area contributed by atoms with Gasteiger partial charge in [0.25, 0.3) is 0 Å². The van der Waals surface area contributed by atoms with Gasteiger partial charge >= 0.3 is 0 Å². The van der Waals surface area contributed by atoms with Crippen molar-refractivity contribution in [3.8, 4) is 0 Å². The number of aryl methyl sites for hydroxylation is 1. The Balaban J connectivity index is 2.20. The summed E-state index contributed by atoms with van der Waals surface area (Å²) in [4.78, 5) is 1.40. The van der Waals surface area contributed by atoms with Crippen molar-refractivity contribution in [1.29, 1.82) is 0 Å². The molecule has 0 amide bonds. The second-order valence-electron chi connectivity index (χ2n) is 3.79. The molecule has 0 radical (unpaired) electrons. The van der Waals surface area contributed by atoms with Gasteiger partial charge in [0, 0.05) is 10.6 Å². The van der Waals surface area contributed by atoms with Crippen molar-refractivity contribution in [2.75, 3.05) is 17.8 Å². The van der Waals surface area contributed by atoms with Crippen molar-refractivity contribution in [3.63, 3.8) is 0 Å². The summed E-state index contributed by atoms with van der Waals surface area (Å²) in [5, 5.41) is 9.89. The van der Waals surface area contributed by atoms with Crippen LogP contribution >= 0.6 is 23.5 Å². The van der Waals surface area contributed by atoms with Crippen molar-refractivity contribution >= 4 is 23.5 Å². The maximum Gasteiger partial charge on any atom is 0.0880 e. The lowest BCUT2D eigenvalue weighted by Crippen LogP contribution is -2.04. The summed E-state index contributed by atoms with van der Waals surface area (Å²) in [6.45, 7) is 0. The minimum absolute atomic E-state index is 0.308. The Morgan fingerprint density at radius 1 is 1.53 bits per heavy atom. The summed E-state index contributed by atoms with van der Waals surface area (Å²) in [7, 11) is 0. The first kappa shape index (κ1) is 11.4. The number of rotatable bonds is 3. The van der Waals surface area contributed by atoms with E-state index < -0.39 is 0 Å². The molecule has 0 bridgehead atoms. The first-order valence-corrected chi connectivity index (χ1v) is 7.62. The summed E-state index contributed by atoms with van der Waals surface area (Å²) in [6, 6.07) is 6.42. The molecule has 82 valence electrons. The highest BCUT2D eigenvalue weighted by Crippen LogP contribution is 2.32. The molecular formula is C12H16OS2. The number of benzene rings is 1. The van der Waals surface area contributed by atoms with E-state index in [0.29, 0.717) is 0 Å². The lowest BCUT2D eigenvalue weighted by atomic mass is 10.0. The Kier molecular flexibility index (Phi) is 4.00. The van der Waals surface area contributed by atoms with Crippen LogP contribution < -0.4 is 0 Å². The Bertz CT molecular complexity index is 338. The van der Waals surface area contributed by atoms with Crippen molar-refractivity contribution in [2.45, 2.75) is 23.8 Å². The molecule has 2 rings (SSSR count). The van der Waals surface area contributed by atoms with Crippen LogP contribution in [0.3, 0.4) is 0 Å². The number of fused-ring (bicyclic) bond motifs is 1. The molecule has 1 unspecified atom stereocenters. The third-order valence-corrected chi connectivity index (χ3v) is 4.49. The van der Waals surface area contributed by atoms with Gasteiger partial charge < -0.3 is 5.11 Å². The predicted octanol–water partition coefficient (Wildman–Crippen LogP) is 3.12. The van der Waals surface area contributed by atoms with Gasteiger partial charge in [0.15, 0.2) is 0 Å². The zero-order valence-electron chi connectivity index (χ0n) is 8.90. The van der Waals surface area contributed by atoms with E-state index in [9.17, 15) is 5.11 Å². The molecule has 1 N–H and O–H groups in total. The molecule has 1 atom stereocenters. The highest BCUT2D eigenvalue weighted by Gasteiger charge is 2.13. The largest absolute Gasteiger partial charge is 0.388 e. The molecule has 0 saturated carbocycles. The van der Waals surface area contributed by atoms with Crippen LogP contribution in [-0.2, 0) is 6.42 Å². The Labute approximate surface area is 99.7 Å². The second kappa shape index (κ2) is 5.28. The maximum absolute atomic E-state index is 9.89. The number of aliphatic hydroxyl groups is 1. The summed E-state index contributed by atoms with van der Waals surface area (Å²) in [5.41, 5.74) is 2.49. The molecule has 1 aromatic carbocycles. The van der Waals surface area contributed by atoms with E-state index in [0.717, 1.165) is 11.3 Å². The summed E-state index contributed by atoms with van der Waals surface area (Å²) < 4.78 is 0. The molecule has 0 saturated heterocycles. The van der Waals surface area contributed by atoms with Crippen molar-refractivity contribution in [2.24, 2.45) is 0 Å². The molecule has 0 aromatic heterocycles. The van der Waals surface area contributed by atoms with Crippen LogP contribution in [0.2, 0.25) is 0 Å². The van der Waals surface area contributed by atoms with E-state index in [1.165, 1.54) is 29.1 Å². The van der Waals surface area contributed by atoms with Crippen molar-refractivity contribution < 1.29 is 5.11 Å². The van der Waals surface area contributed by atoms with Crippen LogP contribution in [0.5, 0.6) is 0 Å². The van der Waals surface area contributed by atoms with E-state index in [4.69, 9.17) is 0 Å². The average Bonchev–Trinajstić information content (AvgIpc) is 2.29. The third-order valence-electron chi connectivity index (χ3n) is 2.64. The molecule has 15 heavy (non-hydrogen) atoms. The fraction of sp³-hybridized carbons (Fsp3) is 0.500. The van der Waals surface area contributed by atoms with Crippen LogP contribution in [0.1, 0.15) is 23.7 Å². The topological polar surface area (TPSA) is 20.2 Å². The van der Waals surface area contributed by atoms with Crippen LogP contribution in [-0.4, -0.2) is 22.9 Å². The Hall–Kier alpha value is -0.120. The molecule has 1 aromatic rings. The number of aliphatic hydroxyl groups excluding tert-OH is 1. The van der Waals surface area contributed by atoms with Crippen LogP contribution in [0.25, 0.3) is 0 Å². The zero-order valence-corrected chi connectivity index (χ0v) is 10.5. The molecule has 0 spiro atoms. The van der Waals surface area contributed by atoms with Gasteiger partial charge in [-0.15, -0.1) is 11.8 Å². The summed E-state index contributed by atoms with van der Waals surface area (Å²) in [5.74, 6) is 2.02. The van der Waals surface area contributed by atoms with E-state index >= 15 is 0 Å². The molecule has 1 heterocycles. The van der Waals surface area contributed by atoms with Crippen LogP contribution in [0.4, 0.5) is 0 Å². The molecule has 1 aliphatic rings. The lowest BCUT2D eigenvalue weighted by Gasteiger charge is -2.17. The number of thioether (sulfide) groups is 2. The normalized spacial score (nSPS) is 17.2. The Morgan fingerprint density at radius 3 is 3.20 bits per heavy atom. The molecule has 3 heteroatoms. The standard InChI is InChI=1S/C12H16OS2/c1-14-8-11(13)9-4-5-12-10(7-9)3-2-6-15-12/h4-5,7,11,13H,2-3,6,8H2,1H3. The van der Waals surface area contributed by atoms with Gasteiger partial charge in [-0.05, 0) is 42.0 Å². The van der Waals surface area contributed by atoms with Crippen LogP contribution in [0.15, 0.2) is 23.1 Å². The summed E-state index contributed by atoms with van der Waals surface area (Å²) in [6.07, 6.45) is 4.15. The summed E-state index contributed by atoms with van der Waals surface area (Å²) >= 11 is 3.62. The van der Waals surface area contributed by atoms with Gasteiger partial charge in [-0.3, -0.25) is 0 Å². The van der Waals surface area contributed by atoms with Gasteiger partial charge in [-0.25, -0.2) is 0 Å². The quantitative estimate of drug-likeness (QED) is 0.876. The van der Waals surface area contributed by atoms with E-state index in [1.807, 2.05) is 18.0 Å². The molecular weight excluding hydrogens is 224 g/mol. The first-order chi connectivity index (χ1) is 7.31. The van der Waals surface area contributed by atoms with E-state index in [-0.39, 0.29) is 6.10 Å². The van der Waals surface area contributed by atoms with Crippen molar-refractivity contribution in [1.82, 2.24) is 0 Å². The van der Waals surface area contributed by atoms with Gasteiger partial charge in [-0.2, -0.15) is 11.8 Å². The van der Waals surface area contributed by atoms with E-state index in [1.54, 1.807) is 11.8 Å². The number of hydrogen-bond donors (Lipinski definition) is 1. The van der Waals surface area contributed by atoms with Gasteiger partial charge in [0.1, 0.15) is 0 Å². The molecule has 1 nitrogen and oxygen atoms in total. The number of hydrogen-bond acceptors (Lipinski definition) is 3. The molecule has 0 aliphatic carbocycles. The zero-order chi connectivity index (χ0) is 10.7. The van der Waals surface area contributed by atoms with Crippen LogP contribution in [0, 0.1) is 0 Å².